The number of phenolic OH excluding ortho intramolecular Hbond substituents is 1. The summed E-state index contributed by atoms with van der Waals surface area (Å²) >= 11 is 0. The molecule has 3 aromatic carbocycles. The van der Waals surface area contributed by atoms with Gasteiger partial charge in [-0.1, -0.05) is 6.07 Å². The summed E-state index contributed by atoms with van der Waals surface area (Å²) in [6.07, 6.45) is 2.82. The lowest BCUT2D eigenvalue weighted by molar-refractivity contribution is 0.354. The third-order valence-corrected chi connectivity index (χ3v) is 7.15. The fourth-order valence-electron chi connectivity index (χ4n) is 4.70. The number of H-pyrrole nitrogens is 1. The highest BCUT2D eigenvalue weighted by Crippen LogP contribution is 2.44. The number of nitrogens with zero attached hydrogens (tertiary/aromatic N) is 3. The summed E-state index contributed by atoms with van der Waals surface area (Å²) in [6.45, 7) is 1.07. The van der Waals surface area contributed by atoms with Crippen molar-refractivity contribution in [1.29, 1.82) is 0 Å². The number of aromatic amines is 1. The summed E-state index contributed by atoms with van der Waals surface area (Å²) in [6, 6.07) is 15.9. The molecule has 208 valence electrons. The van der Waals surface area contributed by atoms with Crippen LogP contribution in [0.15, 0.2) is 65.6 Å². The van der Waals surface area contributed by atoms with Gasteiger partial charge in [0.2, 0.25) is 0 Å². The minimum Gasteiger partial charge on any atom is -0.507 e. The van der Waals surface area contributed by atoms with Crippen molar-refractivity contribution in [3.8, 4) is 40.1 Å². The molecule has 0 saturated carbocycles. The molecule has 1 atom stereocenters. The second-order valence-corrected chi connectivity index (χ2v) is 11.2. The topological polar surface area (TPSA) is 141 Å². The zero-order valence-electron chi connectivity index (χ0n) is 22.4. The molecule has 2 aromatic heterocycles. The highest BCUT2D eigenvalue weighted by Gasteiger charge is 2.22. The molecule has 0 radical (unpaired) electrons. The quantitative estimate of drug-likeness (QED) is 0.224. The lowest BCUT2D eigenvalue weighted by Gasteiger charge is -2.17. The van der Waals surface area contributed by atoms with Crippen molar-refractivity contribution in [3.05, 3.63) is 82.4 Å². The van der Waals surface area contributed by atoms with E-state index in [9.17, 15) is 19.4 Å². The Bertz CT molecular complexity index is 1820. The van der Waals surface area contributed by atoms with Crippen molar-refractivity contribution in [2.75, 3.05) is 20.9 Å². The van der Waals surface area contributed by atoms with Gasteiger partial charge in [-0.05, 0) is 66.4 Å². The van der Waals surface area contributed by atoms with Gasteiger partial charge in [-0.3, -0.25) is 0 Å². The maximum Gasteiger partial charge on any atom is 0.373 e. The van der Waals surface area contributed by atoms with E-state index in [2.05, 4.69) is 10.2 Å². The van der Waals surface area contributed by atoms with Crippen molar-refractivity contribution in [1.82, 2.24) is 19.3 Å². The predicted octanol–water partition coefficient (Wildman–Crippen LogP) is 4.42. The predicted molar refractivity (Wildman–Crippen MR) is 151 cm³/mol. The van der Waals surface area contributed by atoms with Crippen molar-refractivity contribution >= 4 is 18.5 Å². The maximum absolute atomic E-state index is 12.9. The Balaban J connectivity index is 1.57. The summed E-state index contributed by atoms with van der Waals surface area (Å²) in [5.74, 6) is 1.15. The second-order valence-electron chi connectivity index (χ2n) is 9.42. The molecule has 0 aliphatic rings. The van der Waals surface area contributed by atoms with Crippen LogP contribution in [-0.2, 0) is 24.5 Å². The first kappa shape index (κ1) is 27.1. The Morgan fingerprint density at radius 2 is 1.75 bits per heavy atom. The molecule has 11 nitrogen and oxygen atoms in total. The highest BCUT2D eigenvalue weighted by molar-refractivity contribution is 7.52. The lowest BCUT2D eigenvalue weighted by Crippen LogP contribution is -2.15. The largest absolute Gasteiger partial charge is 0.507 e. The van der Waals surface area contributed by atoms with Crippen molar-refractivity contribution in [2.24, 2.45) is 7.05 Å². The van der Waals surface area contributed by atoms with E-state index in [-0.39, 0.29) is 22.9 Å². The van der Waals surface area contributed by atoms with Gasteiger partial charge in [-0.2, -0.15) is 5.10 Å². The van der Waals surface area contributed by atoms with Gasteiger partial charge in [0.1, 0.15) is 11.5 Å². The first-order chi connectivity index (χ1) is 19.1. The number of hydrogen-bond acceptors (Lipinski definition) is 7. The van der Waals surface area contributed by atoms with Crippen LogP contribution >= 0.6 is 7.60 Å². The molecule has 12 heteroatoms. The van der Waals surface area contributed by atoms with Crippen molar-refractivity contribution < 1.29 is 28.6 Å². The molecular weight excluding hydrogens is 535 g/mol. The minimum absolute atomic E-state index is 0.0604. The number of aromatic hydroxyl groups is 1. The fraction of sp³-hybridized carbons (Fsp3) is 0.214. The smallest absolute Gasteiger partial charge is 0.373 e. The highest BCUT2D eigenvalue weighted by atomic mass is 31.2. The van der Waals surface area contributed by atoms with Gasteiger partial charge in [0, 0.05) is 36.9 Å². The molecule has 0 spiro atoms. The molecule has 0 bridgehead atoms. The van der Waals surface area contributed by atoms with Crippen LogP contribution in [0.3, 0.4) is 0 Å². The molecule has 5 aromatic rings. The zero-order chi connectivity index (χ0) is 28.6. The van der Waals surface area contributed by atoms with Crippen LogP contribution in [0, 0.1) is 0 Å². The van der Waals surface area contributed by atoms with E-state index in [0.717, 1.165) is 23.1 Å². The number of fused-ring (bicyclic) bond motifs is 1. The van der Waals surface area contributed by atoms with E-state index >= 15 is 0 Å². The van der Waals surface area contributed by atoms with Crippen LogP contribution in [0.4, 0.5) is 0 Å². The average Bonchev–Trinajstić information content (AvgIpc) is 3.48. The molecular formula is C28H29N4O7P. The molecule has 3 N–H and O–H groups in total. The second kappa shape index (κ2) is 10.6. The van der Waals surface area contributed by atoms with E-state index in [4.69, 9.17) is 14.0 Å². The number of rotatable bonds is 9. The van der Waals surface area contributed by atoms with Crippen LogP contribution in [0.2, 0.25) is 0 Å². The van der Waals surface area contributed by atoms with Gasteiger partial charge in [0.15, 0.2) is 17.3 Å². The third kappa shape index (κ3) is 5.34. The lowest BCUT2D eigenvalue weighted by atomic mass is 10.00. The molecule has 1 unspecified atom stereocenters. The summed E-state index contributed by atoms with van der Waals surface area (Å²) in [5, 5.41) is 18.6. The van der Waals surface area contributed by atoms with E-state index in [1.54, 1.807) is 32.4 Å². The van der Waals surface area contributed by atoms with Crippen LogP contribution in [0.5, 0.6) is 23.0 Å². The molecule has 2 heterocycles. The Morgan fingerprint density at radius 3 is 2.48 bits per heavy atom. The number of benzene rings is 3. The standard InChI is InChI=1S/C28H29N4O7P/c1-31-12-11-18-14-20(8-9-22(18)31)32-27(29-30-28(32)34)21-15-19(25(16-23(21)33)39-40(4,35)36)7-5-17-6-10-24(37-2)26(13-17)38-3/h6,8-16,33H,5,7H2,1-4H3,(H,30,34)(H,35,36). The van der Waals surface area contributed by atoms with Gasteiger partial charge in [0.25, 0.3) is 0 Å². The van der Waals surface area contributed by atoms with Gasteiger partial charge in [-0.15, -0.1) is 0 Å². The summed E-state index contributed by atoms with van der Waals surface area (Å²) in [4.78, 5) is 22.8. The van der Waals surface area contributed by atoms with Gasteiger partial charge in [0.05, 0.1) is 25.5 Å². The zero-order valence-corrected chi connectivity index (χ0v) is 23.3. The Labute approximate surface area is 229 Å². The van der Waals surface area contributed by atoms with E-state index in [1.165, 1.54) is 10.6 Å². The Hall–Kier alpha value is -4.47. The van der Waals surface area contributed by atoms with Gasteiger partial charge < -0.3 is 28.6 Å². The number of phenols is 1. The molecule has 0 aliphatic heterocycles. The number of hydrogen-bond donors (Lipinski definition) is 3. The Kier molecular flexibility index (Phi) is 7.18. The normalized spacial score (nSPS) is 12.8. The molecule has 0 aliphatic carbocycles. The summed E-state index contributed by atoms with van der Waals surface area (Å²) in [7, 11) is 1.11. The monoisotopic (exact) mass is 564 g/mol. The minimum atomic E-state index is -3.94. The molecule has 0 saturated heterocycles. The number of nitrogens with one attached hydrogen (secondary N) is 1. The number of ether oxygens (including phenoxy) is 2. The van der Waals surface area contributed by atoms with Crippen LogP contribution < -0.4 is 19.7 Å². The molecule has 0 fully saturated rings. The van der Waals surface area contributed by atoms with Crippen molar-refractivity contribution in [2.45, 2.75) is 12.8 Å². The fourth-order valence-corrected chi connectivity index (χ4v) is 5.23. The maximum atomic E-state index is 12.9. The SMILES string of the molecule is COc1ccc(CCc2cc(-c3n[nH]c(=O)n3-c3ccc4c(ccn4C)c3)c(O)cc2OP(C)(=O)O)cc1OC. The first-order valence-electron chi connectivity index (χ1n) is 12.4. The van der Waals surface area contributed by atoms with Crippen LogP contribution in [0.1, 0.15) is 11.1 Å². The molecule has 0 amide bonds. The van der Waals surface area contributed by atoms with Gasteiger partial charge >= 0.3 is 13.3 Å². The molecule has 5 rings (SSSR count). The number of methoxy groups -OCH3 is 2. The molecule has 40 heavy (non-hydrogen) atoms. The average molecular weight is 565 g/mol. The van der Waals surface area contributed by atoms with Crippen molar-refractivity contribution in [3.63, 3.8) is 0 Å². The number of aromatic nitrogens is 4. The summed E-state index contributed by atoms with van der Waals surface area (Å²) in [5.41, 5.74) is 2.80. The van der Waals surface area contributed by atoms with E-state index in [0.29, 0.717) is 35.6 Å². The third-order valence-electron chi connectivity index (χ3n) is 6.62. The first-order valence-corrected chi connectivity index (χ1v) is 14.4. The van der Waals surface area contributed by atoms with Crippen LogP contribution in [0.25, 0.3) is 28.0 Å². The summed E-state index contributed by atoms with van der Waals surface area (Å²) < 4.78 is 31.5. The number of aryl methyl sites for hydroxylation is 3. The van der Waals surface area contributed by atoms with E-state index < -0.39 is 13.3 Å². The van der Waals surface area contributed by atoms with Crippen LogP contribution in [-0.4, -0.2) is 50.2 Å². The van der Waals surface area contributed by atoms with Gasteiger partial charge in [-0.25, -0.2) is 19.0 Å². The Morgan fingerprint density at radius 1 is 0.975 bits per heavy atom. The van der Waals surface area contributed by atoms with E-state index in [1.807, 2.05) is 48.1 Å².